The Morgan fingerprint density at radius 2 is 0.685 bits per heavy atom. The lowest BCUT2D eigenvalue weighted by Crippen LogP contribution is -2.60. The van der Waals surface area contributed by atoms with Crippen molar-refractivity contribution in [2.45, 2.75) is 423 Å². The van der Waals surface area contributed by atoms with E-state index in [1.807, 2.05) is 6.08 Å². The maximum Gasteiger partial charge on any atom is 0.220 e. The number of nitrogens with one attached hydrogen (secondary N) is 1. The van der Waals surface area contributed by atoms with Crippen molar-refractivity contribution in [1.29, 1.82) is 0 Å². The molecule has 92 heavy (non-hydrogen) atoms. The number of allylic oxidation sites excluding steroid dienone is 13. The molecule has 0 aromatic rings. The Hall–Kier alpha value is -2.63. The number of aliphatic hydroxyl groups is 5. The van der Waals surface area contributed by atoms with Gasteiger partial charge in [-0.2, -0.15) is 0 Å². The van der Waals surface area contributed by atoms with Gasteiger partial charge in [0.15, 0.2) is 6.29 Å². The quantitative estimate of drug-likeness (QED) is 0.0261. The molecule has 1 saturated heterocycles. The highest BCUT2D eigenvalue weighted by atomic mass is 16.7. The van der Waals surface area contributed by atoms with E-state index in [0.29, 0.717) is 6.42 Å². The summed E-state index contributed by atoms with van der Waals surface area (Å²) < 4.78 is 11.3. The fourth-order valence-electron chi connectivity index (χ4n) is 12.5. The Kier molecular flexibility index (Phi) is 67.6. The lowest BCUT2D eigenvalue weighted by atomic mass is 9.99. The maximum absolute atomic E-state index is 13.2. The molecule has 1 rings (SSSR count). The lowest BCUT2D eigenvalue weighted by molar-refractivity contribution is -0.302. The van der Waals surface area contributed by atoms with Crippen LogP contribution in [0.1, 0.15) is 380 Å². The van der Waals surface area contributed by atoms with E-state index in [2.05, 4.69) is 92.1 Å². The Bertz CT molecular complexity index is 1740. The van der Waals surface area contributed by atoms with Crippen molar-refractivity contribution in [3.8, 4) is 0 Å². The first-order chi connectivity index (χ1) is 45.3. The molecule has 1 heterocycles. The second-order valence-corrected chi connectivity index (χ2v) is 27.5. The number of carbonyl (C=O) groups is 1. The molecule has 9 nitrogen and oxygen atoms in total. The van der Waals surface area contributed by atoms with Crippen molar-refractivity contribution < 1.29 is 39.8 Å². The average Bonchev–Trinajstić information content (AvgIpc) is 1.00. The summed E-state index contributed by atoms with van der Waals surface area (Å²) >= 11 is 0. The zero-order valence-corrected chi connectivity index (χ0v) is 60.3. The van der Waals surface area contributed by atoms with Crippen molar-refractivity contribution in [3.05, 3.63) is 85.1 Å². The minimum Gasteiger partial charge on any atom is -0.394 e. The lowest BCUT2D eigenvalue weighted by Gasteiger charge is -2.40. The monoisotopic (exact) mass is 1290 g/mol. The fraction of sp³-hybridized carbons (Fsp3) is 0.819. The summed E-state index contributed by atoms with van der Waals surface area (Å²) in [6.45, 7) is 3.69. The largest absolute Gasteiger partial charge is 0.394 e. The highest BCUT2D eigenvalue weighted by molar-refractivity contribution is 5.76. The Balaban J connectivity index is 2.07. The van der Waals surface area contributed by atoms with E-state index in [9.17, 15) is 30.3 Å². The molecule has 7 unspecified atom stereocenters. The molecule has 1 amide bonds. The van der Waals surface area contributed by atoms with Crippen LogP contribution in [0.5, 0.6) is 0 Å². The minimum atomic E-state index is -1.58. The van der Waals surface area contributed by atoms with Crippen LogP contribution in [-0.2, 0) is 14.3 Å². The van der Waals surface area contributed by atoms with Gasteiger partial charge in [0.05, 0.1) is 25.4 Å². The van der Waals surface area contributed by atoms with Gasteiger partial charge in [0.25, 0.3) is 0 Å². The molecule has 0 spiro atoms. The highest BCUT2D eigenvalue weighted by Gasteiger charge is 2.44. The molecule has 1 aliphatic heterocycles. The molecule has 6 N–H and O–H groups in total. The molecule has 536 valence electrons. The van der Waals surface area contributed by atoms with Crippen molar-refractivity contribution in [2.24, 2.45) is 0 Å². The van der Waals surface area contributed by atoms with Gasteiger partial charge in [-0.05, 0) is 83.5 Å². The predicted octanol–water partition coefficient (Wildman–Crippen LogP) is 22.8. The van der Waals surface area contributed by atoms with E-state index in [1.165, 1.54) is 289 Å². The molecule has 0 aromatic heterocycles. The number of aliphatic hydroxyl groups excluding tert-OH is 5. The summed E-state index contributed by atoms with van der Waals surface area (Å²) in [5, 5.41) is 54.8. The van der Waals surface area contributed by atoms with Crippen LogP contribution in [-0.4, -0.2) is 87.5 Å². The zero-order chi connectivity index (χ0) is 66.4. The van der Waals surface area contributed by atoms with Gasteiger partial charge in [-0.25, -0.2) is 0 Å². The summed E-state index contributed by atoms with van der Waals surface area (Å²) in [5.41, 5.74) is 0. The molecule has 1 aliphatic rings. The third-order valence-electron chi connectivity index (χ3n) is 18.7. The first-order valence-electron chi connectivity index (χ1n) is 39.8. The number of rotatable bonds is 70. The Labute approximate surface area is 569 Å². The van der Waals surface area contributed by atoms with Crippen LogP contribution in [0.15, 0.2) is 85.1 Å². The molecule has 1 fully saturated rings. The first kappa shape index (κ1) is 87.4. The van der Waals surface area contributed by atoms with Crippen LogP contribution >= 0.6 is 0 Å². The summed E-state index contributed by atoms with van der Waals surface area (Å²) in [6, 6.07) is -0.831. The summed E-state index contributed by atoms with van der Waals surface area (Å²) in [4.78, 5) is 13.2. The van der Waals surface area contributed by atoms with Gasteiger partial charge < -0.3 is 40.3 Å². The van der Waals surface area contributed by atoms with E-state index in [-0.39, 0.29) is 12.5 Å². The van der Waals surface area contributed by atoms with E-state index >= 15 is 0 Å². The van der Waals surface area contributed by atoms with Gasteiger partial charge >= 0.3 is 0 Å². The number of hydrogen-bond donors (Lipinski definition) is 6. The minimum absolute atomic E-state index is 0.184. The van der Waals surface area contributed by atoms with E-state index in [1.54, 1.807) is 6.08 Å². The summed E-state index contributed by atoms with van der Waals surface area (Å²) in [7, 11) is 0. The average molecular weight is 1290 g/mol. The van der Waals surface area contributed by atoms with Gasteiger partial charge in [-0.1, -0.05) is 375 Å². The summed E-state index contributed by atoms with van der Waals surface area (Å²) in [6.07, 6.45) is 96.0. The summed E-state index contributed by atoms with van der Waals surface area (Å²) in [5.74, 6) is -0.184. The van der Waals surface area contributed by atoms with Crippen molar-refractivity contribution in [1.82, 2.24) is 5.32 Å². The first-order valence-corrected chi connectivity index (χ1v) is 39.8. The molecule has 0 aliphatic carbocycles. The molecule has 0 bridgehead atoms. The SMILES string of the molecule is CC/C=C\C/C=C\C/C=C\C/C=C\CCCCCCCCCCCCCCCCCCCCCCCCCCCCCCC(=O)NC(COC1OC(CO)C(O)C(O)C1O)C(O)/C=C/CC/C=C/CC/C=C/CCCCCCCCCCCCCCCCCCCC. The molecule has 9 heteroatoms. The number of amides is 1. The molecule has 7 atom stereocenters. The van der Waals surface area contributed by atoms with Gasteiger partial charge in [0.2, 0.25) is 5.91 Å². The topological polar surface area (TPSA) is 149 Å². The molecular weight excluding hydrogens is 1140 g/mol. The van der Waals surface area contributed by atoms with Crippen molar-refractivity contribution in [2.75, 3.05) is 13.2 Å². The van der Waals surface area contributed by atoms with Crippen LogP contribution < -0.4 is 5.32 Å². The molecule has 0 aromatic carbocycles. The van der Waals surface area contributed by atoms with E-state index < -0.39 is 49.5 Å². The number of unbranched alkanes of at least 4 members (excludes halogenated alkanes) is 48. The van der Waals surface area contributed by atoms with Crippen LogP contribution in [0.25, 0.3) is 0 Å². The maximum atomic E-state index is 13.2. The van der Waals surface area contributed by atoms with Gasteiger partial charge in [-0.3, -0.25) is 4.79 Å². The van der Waals surface area contributed by atoms with Crippen molar-refractivity contribution in [3.63, 3.8) is 0 Å². The Morgan fingerprint density at radius 3 is 1.04 bits per heavy atom. The van der Waals surface area contributed by atoms with Crippen LogP contribution in [0.2, 0.25) is 0 Å². The van der Waals surface area contributed by atoms with Gasteiger partial charge in [0, 0.05) is 6.42 Å². The number of hydrogen-bond acceptors (Lipinski definition) is 8. The number of carbonyl (C=O) groups excluding carboxylic acids is 1. The fourth-order valence-corrected chi connectivity index (χ4v) is 12.5. The standard InChI is InChI=1S/C83H151NO8/c1-3-5-7-9-11-13-15-17-19-21-23-25-27-29-31-33-34-35-36-37-38-39-40-41-42-43-44-45-47-49-51-53-55-57-59-61-63-65-67-69-71-73-79(87)84-76(75-91-83-82(90)81(89)80(88)78(74-85)92-83)77(86)72-70-68-66-64-62-60-58-56-54-52-50-48-46-32-30-28-26-24-22-20-18-16-14-12-10-8-6-4-2/h5,7,11,13,17,19,23,25,54,56,62,64,70,72,76-78,80-83,85-86,88-90H,3-4,6,8-10,12,14-16,18,20-22,24,26-53,55,57-61,63,65-69,71,73-75H2,1-2H3,(H,84,87)/b7-5-,13-11-,19-17-,25-23-,56-54+,64-62+,72-70+. The highest BCUT2D eigenvalue weighted by Crippen LogP contribution is 2.24. The van der Waals surface area contributed by atoms with E-state index in [0.717, 1.165) is 70.6 Å². The third kappa shape index (κ3) is 58.7. The van der Waals surface area contributed by atoms with Gasteiger partial charge in [-0.15, -0.1) is 0 Å². The van der Waals surface area contributed by atoms with Crippen molar-refractivity contribution >= 4 is 5.91 Å². The normalized spacial score (nSPS) is 18.1. The van der Waals surface area contributed by atoms with Crippen LogP contribution in [0.3, 0.4) is 0 Å². The van der Waals surface area contributed by atoms with E-state index in [4.69, 9.17) is 9.47 Å². The molecular formula is C83H151NO8. The Morgan fingerprint density at radius 1 is 0.380 bits per heavy atom. The zero-order valence-electron chi connectivity index (χ0n) is 60.3. The second kappa shape index (κ2) is 71.2. The smallest absolute Gasteiger partial charge is 0.220 e. The molecule has 0 saturated carbocycles. The molecule has 0 radical (unpaired) electrons. The van der Waals surface area contributed by atoms with Gasteiger partial charge in [0.1, 0.15) is 24.4 Å². The third-order valence-corrected chi connectivity index (χ3v) is 18.7. The predicted molar refractivity (Wildman–Crippen MR) is 396 cm³/mol. The van der Waals surface area contributed by atoms with Crippen LogP contribution in [0, 0.1) is 0 Å². The number of ether oxygens (including phenoxy) is 2. The second-order valence-electron chi connectivity index (χ2n) is 27.5. The van der Waals surface area contributed by atoms with Crippen LogP contribution in [0.4, 0.5) is 0 Å².